The number of hydrogen-bond acceptors (Lipinski definition) is 5. The molecule has 1 N–H and O–H groups in total. The molecule has 0 aliphatic rings. The molecule has 138 valence electrons. The van der Waals surface area contributed by atoms with Crippen LogP contribution in [-0.4, -0.2) is 32.3 Å². The molecule has 0 amide bonds. The normalized spacial score (nSPS) is 11.3. The van der Waals surface area contributed by atoms with Crippen LogP contribution in [-0.2, 0) is 4.74 Å². The molecule has 0 bridgehead atoms. The van der Waals surface area contributed by atoms with E-state index < -0.39 is 5.97 Å². The van der Waals surface area contributed by atoms with Crippen LogP contribution in [0.15, 0.2) is 21.0 Å². The van der Waals surface area contributed by atoms with Gasteiger partial charge < -0.3 is 19.2 Å². The van der Waals surface area contributed by atoms with E-state index in [0.717, 1.165) is 34.9 Å². The van der Waals surface area contributed by atoms with Gasteiger partial charge in [-0.15, -0.1) is 0 Å². The van der Waals surface area contributed by atoms with Crippen molar-refractivity contribution in [3.05, 3.63) is 27.9 Å². The second-order valence-electron chi connectivity index (χ2n) is 6.33. The zero-order valence-corrected chi connectivity index (χ0v) is 16.9. The molecule has 0 saturated carbocycles. The lowest BCUT2D eigenvalue weighted by molar-refractivity contribution is 0.0491. The van der Waals surface area contributed by atoms with Crippen molar-refractivity contribution >= 4 is 32.9 Å². The number of halogens is 1. The third-order valence-electron chi connectivity index (χ3n) is 3.76. The van der Waals surface area contributed by atoms with E-state index >= 15 is 0 Å². The molecule has 1 aromatic carbocycles. The fourth-order valence-corrected chi connectivity index (χ4v) is 3.02. The molecule has 2 rings (SSSR count). The van der Waals surface area contributed by atoms with Gasteiger partial charge in [0.25, 0.3) is 0 Å². The molecule has 0 fully saturated rings. The van der Waals surface area contributed by atoms with Gasteiger partial charge in [0.05, 0.1) is 23.1 Å². The van der Waals surface area contributed by atoms with Crippen LogP contribution in [0.3, 0.4) is 0 Å². The largest absolute Gasteiger partial charge is 0.492 e. The van der Waals surface area contributed by atoms with Crippen LogP contribution >= 0.6 is 15.9 Å². The van der Waals surface area contributed by atoms with Crippen LogP contribution in [0.1, 0.15) is 43.3 Å². The maximum Gasteiger partial charge on any atom is 0.374 e. The van der Waals surface area contributed by atoms with Crippen molar-refractivity contribution in [3.8, 4) is 5.75 Å². The van der Waals surface area contributed by atoms with Crippen molar-refractivity contribution in [1.82, 2.24) is 5.32 Å². The van der Waals surface area contributed by atoms with E-state index in [-0.39, 0.29) is 5.76 Å². The third-order valence-corrected chi connectivity index (χ3v) is 4.38. The average molecular weight is 412 g/mol. The van der Waals surface area contributed by atoms with Crippen LogP contribution in [0.2, 0.25) is 0 Å². The summed E-state index contributed by atoms with van der Waals surface area (Å²) in [6.45, 7) is 10.8. The molecule has 2 aromatic rings. The van der Waals surface area contributed by atoms with Crippen molar-refractivity contribution in [2.24, 2.45) is 5.92 Å². The Morgan fingerprint density at radius 3 is 2.80 bits per heavy atom. The Morgan fingerprint density at radius 2 is 2.12 bits per heavy atom. The van der Waals surface area contributed by atoms with Gasteiger partial charge in [-0.25, -0.2) is 4.79 Å². The molecule has 0 aliphatic carbocycles. The van der Waals surface area contributed by atoms with Gasteiger partial charge in [0.15, 0.2) is 0 Å². The number of benzene rings is 1. The number of carbonyl (C=O) groups excluding carboxylic acids is 1. The Hall–Kier alpha value is -1.53. The van der Waals surface area contributed by atoms with E-state index in [1.807, 2.05) is 19.1 Å². The summed E-state index contributed by atoms with van der Waals surface area (Å²) in [6, 6.07) is 3.69. The number of hydrogen-bond donors (Lipinski definition) is 1. The van der Waals surface area contributed by atoms with Gasteiger partial charge >= 0.3 is 5.97 Å². The van der Waals surface area contributed by atoms with Crippen molar-refractivity contribution in [3.63, 3.8) is 0 Å². The molecular weight excluding hydrogens is 386 g/mol. The highest BCUT2D eigenvalue weighted by Gasteiger charge is 2.22. The Labute approximate surface area is 157 Å². The van der Waals surface area contributed by atoms with Crippen molar-refractivity contribution in [1.29, 1.82) is 0 Å². The van der Waals surface area contributed by atoms with E-state index in [1.54, 1.807) is 6.92 Å². The first-order chi connectivity index (χ1) is 12.0. The number of carbonyl (C=O) groups is 1. The minimum absolute atomic E-state index is 0.235. The van der Waals surface area contributed by atoms with Gasteiger partial charge in [0.2, 0.25) is 5.76 Å². The molecule has 6 heteroatoms. The van der Waals surface area contributed by atoms with Crippen molar-refractivity contribution in [2.75, 3.05) is 26.3 Å². The first kappa shape index (κ1) is 19.8. The summed E-state index contributed by atoms with van der Waals surface area (Å²) in [5, 5.41) is 4.21. The predicted molar refractivity (Wildman–Crippen MR) is 102 cm³/mol. The first-order valence-corrected chi connectivity index (χ1v) is 9.47. The number of esters is 1. The highest BCUT2D eigenvalue weighted by atomic mass is 79.9. The zero-order chi connectivity index (χ0) is 18.4. The van der Waals surface area contributed by atoms with Gasteiger partial charge in [-0.1, -0.05) is 13.8 Å². The summed E-state index contributed by atoms with van der Waals surface area (Å²) in [4.78, 5) is 12.0. The van der Waals surface area contributed by atoms with Gasteiger partial charge in [-0.2, -0.15) is 0 Å². The fourth-order valence-electron chi connectivity index (χ4n) is 2.57. The highest BCUT2D eigenvalue weighted by molar-refractivity contribution is 9.10. The molecular formula is C19H26BrNO4. The maximum absolute atomic E-state index is 12.0. The Bertz CT molecular complexity index is 724. The van der Waals surface area contributed by atoms with Crippen LogP contribution in [0.4, 0.5) is 0 Å². The number of fused-ring (bicyclic) bond motifs is 1. The lowest BCUT2D eigenvalue weighted by Crippen LogP contribution is -2.22. The average Bonchev–Trinajstić information content (AvgIpc) is 2.90. The molecule has 0 atom stereocenters. The smallest absolute Gasteiger partial charge is 0.374 e. The zero-order valence-electron chi connectivity index (χ0n) is 15.3. The molecule has 5 nitrogen and oxygen atoms in total. The van der Waals surface area contributed by atoms with Gasteiger partial charge in [0, 0.05) is 5.56 Å². The molecule has 0 unspecified atom stereocenters. The van der Waals surface area contributed by atoms with Gasteiger partial charge in [-0.05, 0) is 67.3 Å². The molecule has 0 aliphatic heterocycles. The summed E-state index contributed by atoms with van der Waals surface area (Å²) >= 11 is 3.53. The van der Waals surface area contributed by atoms with Crippen LogP contribution in [0.5, 0.6) is 5.75 Å². The van der Waals surface area contributed by atoms with E-state index in [9.17, 15) is 4.79 Å². The topological polar surface area (TPSA) is 60.7 Å². The first-order valence-electron chi connectivity index (χ1n) is 8.67. The van der Waals surface area contributed by atoms with Gasteiger partial charge in [-0.3, -0.25) is 0 Å². The van der Waals surface area contributed by atoms with Crippen LogP contribution in [0.25, 0.3) is 11.0 Å². The van der Waals surface area contributed by atoms with E-state index in [0.29, 0.717) is 30.5 Å². The second kappa shape index (κ2) is 9.25. The number of ether oxygens (including phenoxy) is 2. The molecule has 0 spiro atoms. The van der Waals surface area contributed by atoms with E-state index in [4.69, 9.17) is 13.9 Å². The molecule has 0 radical (unpaired) electrons. The van der Waals surface area contributed by atoms with Crippen molar-refractivity contribution < 1.29 is 18.7 Å². The standard InChI is InChI=1S/C19H26BrNO4/c1-5-23-19(22)17-13(4)16-15(25-17)8-7-14(20)18(16)24-10-6-9-21-11-12(2)3/h7-8,12,21H,5-6,9-11H2,1-4H3. The Morgan fingerprint density at radius 1 is 1.36 bits per heavy atom. The van der Waals surface area contributed by atoms with Gasteiger partial charge in [0.1, 0.15) is 11.3 Å². The number of nitrogens with one attached hydrogen (secondary N) is 1. The predicted octanol–water partition coefficient (Wildman–Crippen LogP) is 4.69. The maximum atomic E-state index is 12.0. The minimum Gasteiger partial charge on any atom is -0.492 e. The van der Waals surface area contributed by atoms with E-state index in [2.05, 4.69) is 35.1 Å². The summed E-state index contributed by atoms with van der Waals surface area (Å²) in [5.41, 5.74) is 1.36. The third kappa shape index (κ3) is 4.98. The summed E-state index contributed by atoms with van der Waals surface area (Å²) < 4.78 is 17.6. The Kier molecular flexibility index (Phi) is 7.32. The molecule has 25 heavy (non-hydrogen) atoms. The van der Waals surface area contributed by atoms with Crippen LogP contribution in [0, 0.1) is 12.8 Å². The Balaban J connectivity index is 2.13. The van der Waals surface area contributed by atoms with Crippen molar-refractivity contribution in [2.45, 2.75) is 34.1 Å². The lowest BCUT2D eigenvalue weighted by Gasteiger charge is -2.11. The molecule has 1 aromatic heterocycles. The SMILES string of the molecule is CCOC(=O)c1oc2ccc(Br)c(OCCCNCC(C)C)c2c1C. The second-order valence-corrected chi connectivity index (χ2v) is 7.18. The van der Waals surface area contributed by atoms with Crippen LogP contribution < -0.4 is 10.1 Å². The quantitative estimate of drug-likeness (QED) is 0.478. The monoisotopic (exact) mass is 411 g/mol. The lowest BCUT2D eigenvalue weighted by atomic mass is 10.1. The number of furan rings is 1. The highest BCUT2D eigenvalue weighted by Crippen LogP contribution is 2.38. The number of rotatable bonds is 9. The minimum atomic E-state index is -0.448. The fraction of sp³-hybridized carbons (Fsp3) is 0.526. The molecule has 0 saturated heterocycles. The summed E-state index contributed by atoms with van der Waals surface area (Å²) in [7, 11) is 0. The summed E-state index contributed by atoms with van der Waals surface area (Å²) in [6.07, 6.45) is 0.900. The number of aryl methyl sites for hydroxylation is 1. The summed E-state index contributed by atoms with van der Waals surface area (Å²) in [5.74, 6) is 1.13. The van der Waals surface area contributed by atoms with E-state index in [1.165, 1.54) is 0 Å². The molecule has 1 heterocycles.